The van der Waals surface area contributed by atoms with Gasteiger partial charge >= 0.3 is 0 Å². The van der Waals surface area contributed by atoms with Gasteiger partial charge in [0.1, 0.15) is 11.5 Å². The van der Waals surface area contributed by atoms with E-state index in [-0.39, 0.29) is 0 Å². The normalized spacial score (nSPS) is 11.4. The highest BCUT2D eigenvalue weighted by Crippen LogP contribution is 2.41. The zero-order valence-electron chi connectivity index (χ0n) is 60.8. The number of ether oxygens (including phenoxy) is 1. The number of hydrogen-bond donors (Lipinski definition) is 0. The fourth-order valence-electron chi connectivity index (χ4n) is 14.9. The van der Waals surface area contributed by atoms with Crippen LogP contribution in [0.2, 0.25) is 0 Å². The molecule has 0 saturated heterocycles. The second-order valence-corrected chi connectivity index (χ2v) is 28.6. The summed E-state index contributed by atoms with van der Waals surface area (Å²) < 4.78 is 6.03. The predicted molar refractivity (Wildman–Crippen MR) is 416 cm³/mol. The summed E-state index contributed by atoms with van der Waals surface area (Å²) in [5, 5.41) is 13.8. The molecule has 0 spiro atoms. The Morgan fingerprint density at radius 3 is 1.06 bits per heavy atom. The quantitative estimate of drug-likeness (QED) is 0.103. The van der Waals surface area contributed by atoms with E-state index in [4.69, 9.17) is 4.74 Å². The van der Waals surface area contributed by atoms with Gasteiger partial charge in [-0.2, -0.15) is 0 Å². The fourth-order valence-corrected chi connectivity index (χ4v) is 14.9. The summed E-state index contributed by atoms with van der Waals surface area (Å²) in [6.07, 6.45) is 0. The zero-order chi connectivity index (χ0) is 68.0. The molecule has 0 aliphatic carbocycles. The van der Waals surface area contributed by atoms with Crippen molar-refractivity contribution in [1.82, 2.24) is 0 Å². The molecule has 13 rings (SSSR count). The Labute approximate surface area is 565 Å². The van der Waals surface area contributed by atoms with Crippen LogP contribution in [0.1, 0.15) is 193 Å². The Kier molecular flexibility index (Phi) is 22.3. The molecule has 0 amide bonds. The third-order valence-electron chi connectivity index (χ3n) is 18.8. The molecule has 0 fully saturated rings. The van der Waals surface area contributed by atoms with E-state index < -0.39 is 0 Å². The molecule has 0 aliphatic rings. The molecule has 13 aromatic carbocycles. The largest absolute Gasteiger partial charge is 0.457 e. The van der Waals surface area contributed by atoms with E-state index in [2.05, 4.69) is 340 Å². The van der Waals surface area contributed by atoms with Gasteiger partial charge in [-0.3, -0.25) is 0 Å². The highest BCUT2D eigenvalue weighted by atomic mass is 16.5. The molecule has 0 aromatic heterocycles. The minimum absolute atomic E-state index is 0.501. The van der Waals surface area contributed by atoms with Crippen molar-refractivity contribution in [2.45, 2.75) is 182 Å². The van der Waals surface area contributed by atoms with Crippen LogP contribution in [0.3, 0.4) is 0 Å². The molecule has 1 nitrogen and oxygen atoms in total. The molecule has 482 valence electrons. The Hall–Kier alpha value is -8.78. The summed E-state index contributed by atoms with van der Waals surface area (Å²) in [6, 6.07) is 73.4. The maximum atomic E-state index is 6.03. The van der Waals surface area contributed by atoms with Crippen molar-refractivity contribution < 1.29 is 4.74 Å². The first-order chi connectivity index (χ1) is 44.7. The van der Waals surface area contributed by atoms with E-state index in [1.807, 2.05) is 12.1 Å². The summed E-state index contributed by atoms with van der Waals surface area (Å²) in [5.74, 6) is 4.68. The van der Waals surface area contributed by atoms with Crippen molar-refractivity contribution in [2.75, 3.05) is 0 Å². The van der Waals surface area contributed by atoms with Crippen LogP contribution < -0.4 is 4.74 Å². The first-order valence-corrected chi connectivity index (χ1v) is 34.5. The first-order valence-electron chi connectivity index (χ1n) is 34.5. The van der Waals surface area contributed by atoms with Crippen molar-refractivity contribution in [3.05, 3.63) is 295 Å². The lowest BCUT2D eigenvalue weighted by molar-refractivity contribution is 0.474. The molecule has 0 unspecified atom stereocenters. The van der Waals surface area contributed by atoms with Gasteiger partial charge in [0.2, 0.25) is 0 Å². The summed E-state index contributed by atoms with van der Waals surface area (Å²) in [6.45, 7) is 48.7. The summed E-state index contributed by atoms with van der Waals surface area (Å²) >= 11 is 0. The fraction of sp³-hybridized carbons (Fsp3) is 0.290. The summed E-state index contributed by atoms with van der Waals surface area (Å²) in [5.41, 5.74) is 28.6. The SMILES string of the molecule is CC(C)c1c2ccccc2cc2ccccc12.CC(C)c1ccc2ccc3cccc4ccc1c2c34.Cc1cc(C)c(-c2cc(-c3c(C)cc(C)cc3C)cc(C(C)C)c2)c(C)c1.Cc1cc(C)c(C(C)C)c(C)c1.Cc1cc(C)c(Oc2ccc(C(C)C)cc2)c(C)c1. The highest BCUT2D eigenvalue weighted by Gasteiger charge is 2.17. The average Bonchev–Trinajstić information content (AvgIpc) is 0.743. The Morgan fingerprint density at radius 2 is 0.638 bits per heavy atom. The first kappa shape index (κ1) is 69.6. The topological polar surface area (TPSA) is 9.23 Å². The number of benzene rings is 13. The second kappa shape index (κ2) is 30.1. The Bertz CT molecular complexity index is 4550. The zero-order valence-corrected chi connectivity index (χ0v) is 60.8. The minimum Gasteiger partial charge on any atom is -0.457 e. The van der Waals surface area contributed by atoms with Crippen LogP contribution in [0, 0.1) is 83.1 Å². The minimum atomic E-state index is 0.501. The van der Waals surface area contributed by atoms with Crippen molar-refractivity contribution in [3.63, 3.8) is 0 Å². The van der Waals surface area contributed by atoms with E-state index in [1.165, 1.54) is 171 Å². The van der Waals surface area contributed by atoms with Crippen molar-refractivity contribution in [1.29, 1.82) is 0 Å². The van der Waals surface area contributed by atoms with Crippen LogP contribution in [0.25, 0.3) is 76.1 Å². The van der Waals surface area contributed by atoms with Crippen molar-refractivity contribution >= 4 is 53.9 Å². The smallest absolute Gasteiger partial charge is 0.133 e. The van der Waals surface area contributed by atoms with Crippen LogP contribution >= 0.6 is 0 Å². The van der Waals surface area contributed by atoms with Crippen LogP contribution in [-0.4, -0.2) is 0 Å². The van der Waals surface area contributed by atoms with E-state index in [0.29, 0.717) is 29.6 Å². The maximum Gasteiger partial charge on any atom is 0.133 e. The molecule has 0 heterocycles. The highest BCUT2D eigenvalue weighted by molar-refractivity contribution is 6.23. The molecular weight excluding hydrogens is 1130 g/mol. The van der Waals surface area contributed by atoms with E-state index >= 15 is 0 Å². The van der Waals surface area contributed by atoms with Gasteiger partial charge in [0.05, 0.1) is 0 Å². The lowest BCUT2D eigenvalue weighted by Crippen LogP contribution is -1.97. The average molecular weight is 1240 g/mol. The van der Waals surface area contributed by atoms with Gasteiger partial charge in [0.25, 0.3) is 0 Å². The van der Waals surface area contributed by atoms with Gasteiger partial charge in [-0.25, -0.2) is 0 Å². The molecule has 0 saturated carbocycles. The molecule has 0 bridgehead atoms. The third-order valence-corrected chi connectivity index (χ3v) is 18.8. The van der Waals surface area contributed by atoms with E-state index in [1.54, 1.807) is 0 Å². The predicted octanol–water partition coefficient (Wildman–Crippen LogP) is 28.1. The molecule has 0 atom stereocenters. The number of hydrogen-bond acceptors (Lipinski definition) is 1. The van der Waals surface area contributed by atoms with Crippen LogP contribution in [0.15, 0.2) is 200 Å². The van der Waals surface area contributed by atoms with Gasteiger partial charge in [-0.05, 0) is 285 Å². The van der Waals surface area contributed by atoms with Crippen molar-refractivity contribution in [3.8, 4) is 33.8 Å². The van der Waals surface area contributed by atoms with Gasteiger partial charge in [-0.15, -0.1) is 0 Å². The van der Waals surface area contributed by atoms with E-state index in [9.17, 15) is 0 Å². The molecule has 1 heteroatoms. The molecule has 0 N–H and O–H groups in total. The van der Waals surface area contributed by atoms with Crippen LogP contribution in [0.4, 0.5) is 0 Å². The lowest BCUT2D eigenvalue weighted by atomic mass is 9.86. The maximum absolute atomic E-state index is 6.03. The Balaban J connectivity index is 0.000000141. The molecular formula is C93H104O. The second-order valence-electron chi connectivity index (χ2n) is 28.6. The molecule has 13 aromatic rings. The number of rotatable bonds is 9. The molecule has 0 radical (unpaired) electrons. The van der Waals surface area contributed by atoms with E-state index in [0.717, 1.165) is 11.5 Å². The Morgan fingerprint density at radius 1 is 0.255 bits per heavy atom. The van der Waals surface area contributed by atoms with Gasteiger partial charge < -0.3 is 4.74 Å². The lowest BCUT2D eigenvalue weighted by Gasteiger charge is -2.19. The summed E-state index contributed by atoms with van der Waals surface area (Å²) in [7, 11) is 0. The van der Waals surface area contributed by atoms with Gasteiger partial charge in [-0.1, -0.05) is 267 Å². The van der Waals surface area contributed by atoms with Crippen molar-refractivity contribution in [2.24, 2.45) is 0 Å². The van der Waals surface area contributed by atoms with Gasteiger partial charge in [0, 0.05) is 0 Å². The molecule has 94 heavy (non-hydrogen) atoms. The monoisotopic (exact) mass is 1240 g/mol. The number of fused-ring (bicyclic) bond motifs is 2. The molecule has 0 aliphatic heterocycles. The number of aryl methyl sites for hydroxylation is 12. The standard InChI is InChI=1S/C27H32.C19H16.C18H22O.C17H16.C12H18/c1-16(2)23-13-24(26-19(5)9-17(3)10-20(26)6)15-25(14-23)27-21(7)11-18(4)12-22(27)8;1-12(2)16-10-8-15-7-6-13-4-3-5-14-9-11-17(16)19(15)18(13)14;1-12(2)16-6-8-17(9-7-16)19-18-14(4)10-13(3)11-15(18)5;1-12(2)17-15-9-5-3-7-13(15)11-14-8-4-6-10-16(14)17;1-8(2)12-10(4)6-9(3)7-11(12)5/h9-16H,1-8H3;3-12H,1-2H3;6-12H,1-5H3;3-12H,1-2H3;6-8H,1-5H3. The summed E-state index contributed by atoms with van der Waals surface area (Å²) in [4.78, 5) is 0. The van der Waals surface area contributed by atoms with Gasteiger partial charge in [0.15, 0.2) is 0 Å². The van der Waals surface area contributed by atoms with Crippen LogP contribution in [-0.2, 0) is 0 Å². The third kappa shape index (κ3) is 15.9. The van der Waals surface area contributed by atoms with Crippen LogP contribution in [0.5, 0.6) is 11.5 Å².